The van der Waals surface area contributed by atoms with Crippen molar-refractivity contribution >= 4 is 29.8 Å². The van der Waals surface area contributed by atoms with Crippen molar-refractivity contribution in [2.24, 2.45) is 23.7 Å². The molecule has 89 heavy (non-hydrogen) atoms. The molecule has 0 bridgehead atoms. The largest absolute Gasteiger partial charge is 0.502 e. The van der Waals surface area contributed by atoms with Gasteiger partial charge in [-0.25, -0.2) is 9.36 Å². The summed E-state index contributed by atoms with van der Waals surface area (Å²) in [6, 6.07) is 12.6. The van der Waals surface area contributed by atoms with E-state index in [1.165, 1.54) is 28.4 Å². The number of carbonyl (C=O) groups is 5. The molecular weight excluding hydrogens is 1170 g/mol. The number of carbonyl (C=O) groups excluding carboxylic acids is 5. The third kappa shape index (κ3) is 10.4. The second-order valence-corrected chi connectivity index (χ2v) is 22.2. The number of aromatic hydroxyl groups is 2. The zero-order valence-electron chi connectivity index (χ0n) is 48.9. The van der Waals surface area contributed by atoms with Gasteiger partial charge in [-0.15, -0.1) is 10.2 Å². The van der Waals surface area contributed by atoms with Gasteiger partial charge in [0.25, 0.3) is 0 Å². The number of aromatic nitrogens is 6. The molecule has 2 N–H and O–H groups in total. The van der Waals surface area contributed by atoms with Crippen LogP contribution in [0.2, 0.25) is 0 Å². The first kappa shape index (κ1) is 58.4. The van der Waals surface area contributed by atoms with Crippen molar-refractivity contribution in [1.82, 2.24) is 30.0 Å². The van der Waals surface area contributed by atoms with Crippen LogP contribution in [0.15, 0.2) is 60.9 Å². The molecule has 6 aromatic rings. The van der Waals surface area contributed by atoms with Gasteiger partial charge in [0.05, 0.1) is 97.8 Å². The van der Waals surface area contributed by atoms with Crippen LogP contribution in [0.5, 0.6) is 57.5 Å². The molecule has 7 heterocycles. The van der Waals surface area contributed by atoms with Gasteiger partial charge < -0.3 is 86.0 Å². The molecule has 2 aromatic heterocycles. The maximum atomic E-state index is 14.0. The molecule has 29 heteroatoms. The van der Waals surface area contributed by atoms with Crippen molar-refractivity contribution in [3.63, 3.8) is 0 Å². The number of phenols is 2. The minimum absolute atomic E-state index is 0.0110. The van der Waals surface area contributed by atoms with E-state index in [1.807, 2.05) is 24.3 Å². The van der Waals surface area contributed by atoms with Gasteiger partial charge in [0.15, 0.2) is 70.6 Å². The van der Waals surface area contributed by atoms with E-state index in [0.29, 0.717) is 56.5 Å². The summed E-state index contributed by atoms with van der Waals surface area (Å²) in [7, 11) is 5.66. The highest BCUT2D eigenvalue weighted by Crippen LogP contribution is 2.59. The number of ether oxygens (including phenoxy) is 16. The number of hydrogen-bond donors (Lipinski definition) is 2. The first-order valence-corrected chi connectivity index (χ1v) is 28.3. The lowest BCUT2D eigenvalue weighted by Gasteiger charge is -2.44. The molecule has 0 saturated carbocycles. The standard InChI is InChI=1S/C60H60N6O23/c1-25(67)86-55-46(22-78-18-30-16-65(63-61-30)51-34-14-40-38(82-23-84-40)12-32(34)47(49-36(51)20-79-58(49)72)28-8-42(74-4)53(70)43(9-28)75-5)89-60(57(88-27(3)69)56(55)87-26(2)68)81-19-31-17-66(64-62-31)52-35-15-41-39(83-24-85-41)13-33(35)48(50-37(52)21-80-59(50)73)29-10-44(76-6)54(71)45(11-29)77-7/h8-17,36-37,46-52,55-57,60,70-71H,18-24H2,1-7H3/t36-,37-,46+,47+,48+,49-,50-,51+,52+,55+,56-,57+,60+/m0/s1. The number of methoxy groups -OCH3 is 4. The zero-order valence-corrected chi connectivity index (χ0v) is 48.9. The van der Waals surface area contributed by atoms with Crippen molar-refractivity contribution in [2.75, 3.05) is 61.8 Å². The van der Waals surface area contributed by atoms with Crippen LogP contribution >= 0.6 is 0 Å². The SMILES string of the molecule is COc1cc([C@@H]2c3cc4c(cc3[C@@H](n3cc(COC[C@H]5O[C@@H](OCc6cn([C@@H]7c8cc9c(cc8[C@@H](c8cc(OC)c(O)c(OC)c8)[C@H]8C(=O)OC[C@@H]87)OCO9)nn6)[C@H](OC(C)=O)[C@@H](OC(C)=O)[C@@H]5OC(C)=O)nn3)[C@H]3COC(=O)[C@H]23)OCO4)cc(OC)c1O. The molecule has 0 unspecified atom stereocenters. The summed E-state index contributed by atoms with van der Waals surface area (Å²) in [5.74, 6) is -5.12. The summed E-state index contributed by atoms with van der Waals surface area (Å²) in [6.45, 7) is 2.52. The van der Waals surface area contributed by atoms with Crippen molar-refractivity contribution in [2.45, 2.75) is 88.6 Å². The molecule has 3 saturated heterocycles. The highest BCUT2D eigenvalue weighted by Gasteiger charge is 2.57. The lowest BCUT2D eigenvalue weighted by Crippen LogP contribution is -2.62. The molecule has 13 atom stereocenters. The average molecular weight is 1230 g/mol. The highest BCUT2D eigenvalue weighted by molar-refractivity contribution is 5.80. The van der Waals surface area contributed by atoms with Crippen LogP contribution in [-0.4, -0.2) is 163 Å². The Morgan fingerprint density at radius 3 is 1.37 bits per heavy atom. The van der Waals surface area contributed by atoms with Crippen LogP contribution < -0.4 is 37.9 Å². The summed E-state index contributed by atoms with van der Waals surface area (Å²) in [6.07, 6.45) is -3.90. The predicted molar refractivity (Wildman–Crippen MR) is 293 cm³/mol. The molecule has 5 aliphatic heterocycles. The normalized spacial score (nSPS) is 26.6. The Bertz CT molecular complexity index is 3740. The summed E-state index contributed by atoms with van der Waals surface area (Å²) < 4.78 is 96.6. The molecule has 7 aliphatic rings. The fourth-order valence-corrected chi connectivity index (χ4v) is 13.5. The van der Waals surface area contributed by atoms with Gasteiger partial charge in [-0.05, 0) is 81.9 Å². The Morgan fingerprint density at radius 2 is 0.944 bits per heavy atom. The number of phenolic OH excluding ortho intramolecular Hbond substituents is 2. The Labute approximate surface area is 505 Å². The number of hydrogen-bond acceptors (Lipinski definition) is 27. The van der Waals surface area contributed by atoms with Crippen molar-refractivity contribution in [3.8, 4) is 57.5 Å². The van der Waals surface area contributed by atoms with E-state index in [9.17, 15) is 34.2 Å². The number of fused-ring (bicyclic) bond motifs is 6. The maximum absolute atomic E-state index is 14.0. The fraction of sp³-hybridized carbons (Fsp3) is 0.450. The lowest BCUT2D eigenvalue weighted by atomic mass is 9.65. The Balaban J connectivity index is 0.769. The smallest absolute Gasteiger partial charge is 0.310 e. The van der Waals surface area contributed by atoms with E-state index in [1.54, 1.807) is 46.0 Å². The van der Waals surface area contributed by atoms with Crippen LogP contribution in [0.25, 0.3) is 0 Å². The Hall–Kier alpha value is -9.61. The van der Waals surface area contributed by atoms with Gasteiger partial charge in [0.1, 0.15) is 17.5 Å². The number of benzene rings is 4. The van der Waals surface area contributed by atoms with Crippen molar-refractivity contribution in [1.29, 1.82) is 0 Å². The van der Waals surface area contributed by atoms with Gasteiger partial charge in [0.2, 0.25) is 25.1 Å². The van der Waals surface area contributed by atoms with E-state index in [4.69, 9.17) is 75.8 Å². The van der Waals surface area contributed by atoms with E-state index >= 15 is 0 Å². The maximum Gasteiger partial charge on any atom is 0.310 e. The highest BCUT2D eigenvalue weighted by atomic mass is 16.7. The molecule has 4 aromatic carbocycles. The van der Waals surface area contributed by atoms with Gasteiger partial charge in [-0.2, -0.15) is 0 Å². The molecule has 0 radical (unpaired) electrons. The summed E-state index contributed by atoms with van der Waals surface area (Å²) >= 11 is 0. The zero-order chi connectivity index (χ0) is 62.1. The Kier molecular flexibility index (Phi) is 15.4. The molecule has 2 aliphatic carbocycles. The minimum atomic E-state index is -1.52. The van der Waals surface area contributed by atoms with Gasteiger partial charge in [0, 0.05) is 44.4 Å². The monoisotopic (exact) mass is 1230 g/mol. The first-order chi connectivity index (χ1) is 43.0. The second kappa shape index (κ2) is 23.5. The lowest BCUT2D eigenvalue weighted by molar-refractivity contribution is -0.312. The van der Waals surface area contributed by atoms with Crippen LogP contribution in [0.3, 0.4) is 0 Å². The average Bonchev–Trinajstić information content (AvgIpc) is 1.74. The molecule has 0 amide bonds. The summed E-state index contributed by atoms with van der Waals surface area (Å²) in [5.41, 5.74) is 4.63. The van der Waals surface area contributed by atoms with E-state index in [2.05, 4.69) is 20.6 Å². The van der Waals surface area contributed by atoms with E-state index in [-0.39, 0.29) is 86.8 Å². The van der Waals surface area contributed by atoms with Crippen LogP contribution in [-0.2, 0) is 75.1 Å². The third-order valence-corrected chi connectivity index (χ3v) is 17.1. The number of cyclic esters (lactones) is 2. The second-order valence-electron chi connectivity index (χ2n) is 22.2. The third-order valence-electron chi connectivity index (χ3n) is 17.1. The molecule has 3 fully saturated rings. The molecule has 29 nitrogen and oxygen atoms in total. The summed E-state index contributed by atoms with van der Waals surface area (Å²) in [5, 5.41) is 39.7. The predicted octanol–water partition coefficient (Wildman–Crippen LogP) is 4.07. The number of rotatable bonds is 18. The van der Waals surface area contributed by atoms with Crippen LogP contribution in [0.4, 0.5) is 0 Å². The van der Waals surface area contributed by atoms with Crippen LogP contribution in [0.1, 0.15) is 89.5 Å². The van der Waals surface area contributed by atoms with Gasteiger partial charge >= 0.3 is 29.8 Å². The molecule has 0 spiro atoms. The molecule has 468 valence electrons. The van der Waals surface area contributed by atoms with Crippen molar-refractivity contribution in [3.05, 3.63) is 106 Å². The quantitative estimate of drug-likeness (QED) is 0.0904. The molecular formula is C60H60N6O23. The topological polar surface area (TPSA) is 335 Å². The van der Waals surface area contributed by atoms with Crippen LogP contribution in [0, 0.1) is 23.7 Å². The summed E-state index contributed by atoms with van der Waals surface area (Å²) in [4.78, 5) is 66.4. The molecule has 13 rings (SSSR count). The van der Waals surface area contributed by atoms with E-state index in [0.717, 1.165) is 26.3 Å². The number of esters is 5. The van der Waals surface area contributed by atoms with Gasteiger partial charge in [-0.1, -0.05) is 10.4 Å². The minimum Gasteiger partial charge on any atom is -0.502 e. The fourth-order valence-electron chi connectivity index (χ4n) is 13.5. The van der Waals surface area contributed by atoms with E-state index < -0.39 is 108 Å². The first-order valence-electron chi connectivity index (χ1n) is 28.3. The Morgan fingerprint density at radius 1 is 0.539 bits per heavy atom. The van der Waals surface area contributed by atoms with Gasteiger partial charge in [-0.3, -0.25) is 24.0 Å². The van der Waals surface area contributed by atoms with Crippen molar-refractivity contribution < 1.29 is 110 Å². The number of nitrogens with zero attached hydrogens (tertiary/aromatic N) is 6.